The highest BCUT2D eigenvalue weighted by Crippen LogP contribution is 2.40. The Morgan fingerprint density at radius 1 is 1.38 bits per heavy atom. The van der Waals surface area contributed by atoms with Crippen LogP contribution in [0.2, 0.25) is 0 Å². The van der Waals surface area contributed by atoms with E-state index in [0.717, 1.165) is 53.7 Å². The van der Waals surface area contributed by atoms with Crippen molar-refractivity contribution < 1.29 is 9.53 Å². The Bertz CT molecular complexity index is 1040. The van der Waals surface area contributed by atoms with Crippen LogP contribution in [0.1, 0.15) is 65.8 Å². The number of aryl methyl sites for hydroxylation is 2. The molecule has 0 radical (unpaired) electrons. The molecule has 4 rings (SSSR count). The molecule has 3 heterocycles. The first-order chi connectivity index (χ1) is 14.1. The van der Waals surface area contributed by atoms with Crippen molar-refractivity contribution in [1.82, 2.24) is 25.1 Å². The number of rotatable bonds is 8. The number of nitrogens with one attached hydrogen (secondary N) is 1. The van der Waals surface area contributed by atoms with Gasteiger partial charge < -0.3 is 10.1 Å². The van der Waals surface area contributed by atoms with Crippen molar-refractivity contribution >= 4 is 16.9 Å². The summed E-state index contributed by atoms with van der Waals surface area (Å²) in [5, 5.41) is 8.33. The molecule has 1 aliphatic rings. The lowest BCUT2D eigenvalue weighted by atomic mass is 10.1. The molecule has 1 amide bonds. The molecule has 1 aliphatic carbocycles. The van der Waals surface area contributed by atoms with E-state index in [2.05, 4.69) is 22.3 Å². The molecule has 0 unspecified atom stereocenters. The molecule has 0 bridgehead atoms. The summed E-state index contributed by atoms with van der Waals surface area (Å²) < 4.78 is 7.54. The fourth-order valence-corrected chi connectivity index (χ4v) is 3.50. The van der Waals surface area contributed by atoms with Gasteiger partial charge in [0.25, 0.3) is 5.91 Å². The van der Waals surface area contributed by atoms with Crippen LogP contribution in [0.15, 0.2) is 24.4 Å². The van der Waals surface area contributed by atoms with Crippen molar-refractivity contribution in [2.75, 3.05) is 6.61 Å². The van der Waals surface area contributed by atoms with E-state index in [0.29, 0.717) is 30.5 Å². The van der Waals surface area contributed by atoms with Crippen LogP contribution in [-0.2, 0) is 13.6 Å². The van der Waals surface area contributed by atoms with E-state index < -0.39 is 0 Å². The number of hydrogen-bond acceptors (Lipinski definition) is 5. The van der Waals surface area contributed by atoms with Crippen molar-refractivity contribution in [2.45, 2.75) is 52.0 Å². The highest BCUT2D eigenvalue weighted by Gasteiger charge is 2.28. The van der Waals surface area contributed by atoms with Gasteiger partial charge in [0.15, 0.2) is 5.65 Å². The molecule has 152 valence electrons. The van der Waals surface area contributed by atoms with Gasteiger partial charge in [0.05, 0.1) is 23.3 Å². The monoisotopic (exact) mass is 393 g/mol. The number of fused-ring (bicyclic) bond motifs is 1. The van der Waals surface area contributed by atoms with E-state index >= 15 is 0 Å². The zero-order valence-electron chi connectivity index (χ0n) is 17.2. The fourth-order valence-electron chi connectivity index (χ4n) is 3.50. The third-order valence-corrected chi connectivity index (χ3v) is 5.25. The van der Waals surface area contributed by atoms with Crippen molar-refractivity contribution in [3.8, 4) is 5.88 Å². The van der Waals surface area contributed by atoms with Gasteiger partial charge in [0.2, 0.25) is 5.88 Å². The lowest BCUT2D eigenvalue weighted by Gasteiger charge is -2.12. The number of amides is 1. The van der Waals surface area contributed by atoms with Crippen LogP contribution in [0.4, 0.5) is 0 Å². The minimum absolute atomic E-state index is 0.126. The van der Waals surface area contributed by atoms with Gasteiger partial charge in [-0.2, -0.15) is 5.10 Å². The van der Waals surface area contributed by atoms with Crippen LogP contribution in [0.25, 0.3) is 11.0 Å². The first-order valence-electron chi connectivity index (χ1n) is 10.3. The summed E-state index contributed by atoms with van der Waals surface area (Å²) in [5.41, 5.74) is 4.07. The topological polar surface area (TPSA) is 81.9 Å². The number of ether oxygens (including phenoxy) is 1. The van der Waals surface area contributed by atoms with Crippen molar-refractivity contribution in [3.63, 3.8) is 0 Å². The van der Waals surface area contributed by atoms with E-state index in [9.17, 15) is 4.79 Å². The number of unbranched alkanes of at least 4 members (excludes halogenated alkanes) is 1. The highest BCUT2D eigenvalue weighted by molar-refractivity contribution is 6.06. The quantitative estimate of drug-likeness (QED) is 0.591. The van der Waals surface area contributed by atoms with Gasteiger partial charge >= 0.3 is 0 Å². The normalized spacial score (nSPS) is 13.6. The summed E-state index contributed by atoms with van der Waals surface area (Å²) in [4.78, 5) is 22.2. The molecule has 3 aromatic heterocycles. The molecule has 1 saturated carbocycles. The van der Waals surface area contributed by atoms with Crippen molar-refractivity contribution in [2.24, 2.45) is 7.05 Å². The second kappa shape index (κ2) is 8.19. The van der Waals surface area contributed by atoms with Crippen molar-refractivity contribution in [3.05, 3.63) is 46.9 Å². The maximum Gasteiger partial charge on any atom is 0.252 e. The highest BCUT2D eigenvalue weighted by atomic mass is 16.5. The van der Waals surface area contributed by atoms with Crippen LogP contribution in [0.5, 0.6) is 5.88 Å². The molecule has 7 heteroatoms. The zero-order chi connectivity index (χ0) is 20.4. The smallest absolute Gasteiger partial charge is 0.252 e. The van der Waals surface area contributed by atoms with Gasteiger partial charge in [-0.05, 0) is 38.3 Å². The van der Waals surface area contributed by atoms with Gasteiger partial charge in [-0.25, -0.2) is 9.97 Å². The van der Waals surface area contributed by atoms with E-state index in [1.807, 2.05) is 32.2 Å². The number of aromatic nitrogens is 4. The Balaban J connectivity index is 1.57. The number of pyridine rings is 2. The van der Waals surface area contributed by atoms with Crippen LogP contribution in [-0.4, -0.2) is 32.3 Å². The molecule has 0 aromatic carbocycles. The minimum Gasteiger partial charge on any atom is -0.477 e. The molecule has 0 aliphatic heterocycles. The van der Waals surface area contributed by atoms with E-state index in [4.69, 9.17) is 9.72 Å². The summed E-state index contributed by atoms with van der Waals surface area (Å²) in [6.45, 7) is 5.02. The first-order valence-corrected chi connectivity index (χ1v) is 10.3. The van der Waals surface area contributed by atoms with E-state index in [1.165, 1.54) is 0 Å². The second-order valence-electron chi connectivity index (χ2n) is 7.63. The van der Waals surface area contributed by atoms with Gasteiger partial charge in [-0.3, -0.25) is 9.48 Å². The molecule has 1 N–H and O–H groups in total. The van der Waals surface area contributed by atoms with E-state index in [-0.39, 0.29) is 5.91 Å². The van der Waals surface area contributed by atoms with Crippen molar-refractivity contribution in [1.29, 1.82) is 0 Å². The largest absolute Gasteiger partial charge is 0.477 e. The van der Waals surface area contributed by atoms with Gasteiger partial charge in [0, 0.05) is 37.0 Å². The standard InChI is InChI=1S/C22H27N5O2/c1-4-5-11-29-22-16(7-6-10-23-22)13-24-21(28)17-12-18(15-8-9-15)25-20-19(17)14(2)26-27(20)3/h6-7,10,12,15H,4-5,8-9,11,13H2,1-3H3,(H,24,28). The molecule has 1 fully saturated rings. The van der Waals surface area contributed by atoms with Gasteiger partial charge in [-0.15, -0.1) is 0 Å². The maximum absolute atomic E-state index is 13.1. The molecular weight excluding hydrogens is 366 g/mol. The summed E-state index contributed by atoms with van der Waals surface area (Å²) in [6, 6.07) is 5.73. The average Bonchev–Trinajstić information content (AvgIpc) is 3.53. The lowest BCUT2D eigenvalue weighted by Crippen LogP contribution is -2.24. The molecule has 0 saturated heterocycles. The number of carbonyl (C=O) groups is 1. The van der Waals surface area contributed by atoms with Crippen LogP contribution >= 0.6 is 0 Å². The second-order valence-corrected chi connectivity index (χ2v) is 7.63. The third-order valence-electron chi connectivity index (χ3n) is 5.25. The Hall–Kier alpha value is -2.96. The average molecular weight is 393 g/mol. The Morgan fingerprint density at radius 2 is 2.21 bits per heavy atom. The van der Waals surface area contributed by atoms with Crippen LogP contribution in [0.3, 0.4) is 0 Å². The van der Waals surface area contributed by atoms with Crippen LogP contribution in [0, 0.1) is 6.92 Å². The third kappa shape index (κ3) is 4.09. The molecular formula is C22H27N5O2. The summed E-state index contributed by atoms with van der Waals surface area (Å²) >= 11 is 0. The molecule has 0 atom stereocenters. The summed E-state index contributed by atoms with van der Waals surface area (Å²) in [7, 11) is 1.87. The molecule has 7 nitrogen and oxygen atoms in total. The number of nitrogens with zero attached hydrogens (tertiary/aromatic N) is 4. The predicted molar refractivity (Wildman–Crippen MR) is 111 cm³/mol. The van der Waals surface area contributed by atoms with Gasteiger partial charge in [0.1, 0.15) is 0 Å². The fraction of sp³-hybridized carbons (Fsp3) is 0.455. The number of carbonyl (C=O) groups excluding carboxylic acids is 1. The molecule has 0 spiro atoms. The maximum atomic E-state index is 13.1. The Labute approximate surface area is 170 Å². The first kappa shape index (κ1) is 19.4. The van der Waals surface area contributed by atoms with Gasteiger partial charge in [-0.1, -0.05) is 19.4 Å². The number of hydrogen-bond donors (Lipinski definition) is 1. The zero-order valence-corrected chi connectivity index (χ0v) is 17.2. The predicted octanol–water partition coefficient (Wildman–Crippen LogP) is 3.66. The van der Waals surface area contributed by atoms with Crippen LogP contribution < -0.4 is 10.1 Å². The summed E-state index contributed by atoms with van der Waals surface area (Å²) in [5.74, 6) is 0.911. The summed E-state index contributed by atoms with van der Waals surface area (Å²) in [6.07, 6.45) is 6.00. The molecule has 3 aromatic rings. The van der Waals surface area contributed by atoms with E-state index in [1.54, 1.807) is 10.9 Å². The Morgan fingerprint density at radius 3 is 2.97 bits per heavy atom. The SMILES string of the molecule is CCCCOc1ncccc1CNC(=O)c1cc(C2CC2)nc2c1c(C)nn2C. The Kier molecular flexibility index (Phi) is 5.47. The minimum atomic E-state index is -0.126. The lowest BCUT2D eigenvalue weighted by molar-refractivity contribution is 0.0952. The molecule has 29 heavy (non-hydrogen) atoms.